The van der Waals surface area contributed by atoms with Crippen molar-refractivity contribution in [3.8, 4) is 0 Å². The average Bonchev–Trinajstić information content (AvgIpc) is 3.67. The normalized spacial score (nSPS) is 14.0. The molecule has 3 aromatic carbocycles. The molecule has 0 N–H and O–H groups in total. The lowest BCUT2D eigenvalue weighted by Crippen LogP contribution is -2.33. The number of carbonyl (C=O) groups is 1. The molecule has 38 heavy (non-hydrogen) atoms. The zero-order valence-corrected chi connectivity index (χ0v) is 22.9. The Hall–Kier alpha value is -2.57. The van der Waals surface area contributed by atoms with Crippen molar-refractivity contribution in [1.82, 2.24) is 4.90 Å². The van der Waals surface area contributed by atoms with E-state index in [1.165, 1.54) is 4.90 Å². The zero-order valence-electron chi connectivity index (χ0n) is 21.4. The zero-order chi connectivity index (χ0) is 27.8. The second-order valence-electron chi connectivity index (χ2n) is 10.9. The molecule has 0 bridgehead atoms. The third kappa shape index (κ3) is 6.89. The number of benzene rings is 3. The fraction of sp³-hybridized carbons (Fsp3) is 0.367. The number of alkyl halides is 3. The SMILES string of the molecule is CC(C)(C)c1ccc(CN(CCc2cc(Cl)cc(C3CC3)c2)C(=O)c2cc(C(F)(F)F)cc(Cl)c2F)cc1. The van der Waals surface area contributed by atoms with E-state index >= 15 is 0 Å². The standard InChI is InChI=1S/C30H29Cl2F4NO/c1-29(2,3)22-8-4-18(5-9-22)17-37(11-10-19-12-21(20-6-7-20)14-24(31)13-19)28(38)25-15-23(30(34,35)36)16-26(32)27(25)33/h4-5,8-9,12-16,20H,6-7,10-11,17H2,1-3H3. The Morgan fingerprint density at radius 1 is 0.921 bits per heavy atom. The summed E-state index contributed by atoms with van der Waals surface area (Å²) in [5.41, 5.74) is 1.96. The molecule has 0 aliphatic heterocycles. The number of rotatable bonds is 7. The van der Waals surface area contributed by atoms with Crippen LogP contribution < -0.4 is 0 Å². The van der Waals surface area contributed by atoms with Gasteiger partial charge in [0.05, 0.1) is 16.1 Å². The summed E-state index contributed by atoms with van der Waals surface area (Å²) >= 11 is 12.1. The van der Waals surface area contributed by atoms with Crippen molar-refractivity contribution < 1.29 is 22.4 Å². The van der Waals surface area contributed by atoms with E-state index in [2.05, 4.69) is 20.8 Å². The first-order chi connectivity index (χ1) is 17.7. The maximum atomic E-state index is 14.9. The molecule has 0 heterocycles. The molecule has 0 spiro atoms. The van der Waals surface area contributed by atoms with Crippen LogP contribution in [0.25, 0.3) is 0 Å². The number of hydrogen-bond donors (Lipinski definition) is 0. The quantitative estimate of drug-likeness (QED) is 0.261. The van der Waals surface area contributed by atoms with Gasteiger partial charge >= 0.3 is 6.18 Å². The van der Waals surface area contributed by atoms with Crippen molar-refractivity contribution in [2.24, 2.45) is 0 Å². The second-order valence-corrected chi connectivity index (χ2v) is 11.8. The molecular weight excluding hydrogens is 537 g/mol. The summed E-state index contributed by atoms with van der Waals surface area (Å²) < 4.78 is 55.2. The van der Waals surface area contributed by atoms with Crippen LogP contribution in [0, 0.1) is 5.82 Å². The monoisotopic (exact) mass is 565 g/mol. The molecule has 1 amide bonds. The van der Waals surface area contributed by atoms with Crippen molar-refractivity contribution in [2.45, 2.75) is 64.1 Å². The van der Waals surface area contributed by atoms with Gasteiger partial charge in [-0.2, -0.15) is 13.2 Å². The van der Waals surface area contributed by atoms with E-state index in [4.69, 9.17) is 23.2 Å². The summed E-state index contributed by atoms with van der Waals surface area (Å²) in [4.78, 5) is 14.9. The van der Waals surface area contributed by atoms with E-state index in [9.17, 15) is 22.4 Å². The molecule has 0 saturated heterocycles. The van der Waals surface area contributed by atoms with Crippen LogP contribution in [0.2, 0.25) is 10.0 Å². The van der Waals surface area contributed by atoms with Gasteiger partial charge in [0.15, 0.2) is 5.82 Å². The number of hydrogen-bond acceptors (Lipinski definition) is 1. The lowest BCUT2D eigenvalue weighted by atomic mass is 9.87. The van der Waals surface area contributed by atoms with Crippen LogP contribution in [0.15, 0.2) is 54.6 Å². The van der Waals surface area contributed by atoms with Gasteiger partial charge in [-0.1, -0.05) is 74.3 Å². The molecule has 1 fully saturated rings. The van der Waals surface area contributed by atoms with Gasteiger partial charge in [0.2, 0.25) is 0 Å². The van der Waals surface area contributed by atoms with Crippen LogP contribution in [0.4, 0.5) is 17.6 Å². The maximum Gasteiger partial charge on any atom is 0.416 e. The van der Waals surface area contributed by atoms with Gasteiger partial charge in [-0.05, 0) is 77.1 Å². The Kier molecular flexibility index (Phi) is 8.15. The minimum absolute atomic E-state index is 0.0716. The van der Waals surface area contributed by atoms with Crippen molar-refractivity contribution in [3.05, 3.63) is 104 Å². The van der Waals surface area contributed by atoms with Crippen LogP contribution in [-0.4, -0.2) is 17.4 Å². The van der Waals surface area contributed by atoms with Crippen LogP contribution in [0.1, 0.15) is 77.7 Å². The predicted octanol–water partition coefficient (Wildman–Crippen LogP) is 9.21. The molecule has 0 radical (unpaired) electrons. The summed E-state index contributed by atoms with van der Waals surface area (Å²) in [6.07, 6.45) is -2.17. The van der Waals surface area contributed by atoms with Gasteiger partial charge in [0.1, 0.15) is 0 Å². The lowest BCUT2D eigenvalue weighted by molar-refractivity contribution is -0.137. The van der Waals surface area contributed by atoms with Crippen molar-refractivity contribution in [1.29, 1.82) is 0 Å². The summed E-state index contributed by atoms with van der Waals surface area (Å²) in [5.74, 6) is -1.55. The van der Waals surface area contributed by atoms with Gasteiger partial charge in [0, 0.05) is 18.1 Å². The third-order valence-corrected chi connectivity index (χ3v) is 7.26. The molecule has 1 saturated carbocycles. The highest BCUT2D eigenvalue weighted by molar-refractivity contribution is 6.31. The first-order valence-electron chi connectivity index (χ1n) is 12.5. The van der Waals surface area contributed by atoms with Crippen molar-refractivity contribution >= 4 is 29.1 Å². The topological polar surface area (TPSA) is 20.3 Å². The first-order valence-corrected chi connectivity index (χ1v) is 13.2. The van der Waals surface area contributed by atoms with Crippen LogP contribution in [0.5, 0.6) is 0 Å². The molecule has 3 aromatic rings. The number of amides is 1. The Labute approximate surface area is 230 Å². The molecule has 1 aliphatic rings. The molecule has 2 nitrogen and oxygen atoms in total. The highest BCUT2D eigenvalue weighted by Gasteiger charge is 2.34. The van der Waals surface area contributed by atoms with Gasteiger partial charge in [-0.15, -0.1) is 0 Å². The first kappa shape index (κ1) is 28.4. The molecule has 0 atom stereocenters. The second kappa shape index (κ2) is 10.9. The third-order valence-electron chi connectivity index (χ3n) is 6.77. The van der Waals surface area contributed by atoms with E-state index < -0.39 is 34.1 Å². The molecule has 4 rings (SSSR count). The lowest BCUT2D eigenvalue weighted by Gasteiger charge is -2.25. The smallest absolute Gasteiger partial charge is 0.334 e. The maximum absolute atomic E-state index is 14.9. The largest absolute Gasteiger partial charge is 0.416 e. The Morgan fingerprint density at radius 3 is 2.16 bits per heavy atom. The summed E-state index contributed by atoms with van der Waals surface area (Å²) in [7, 11) is 0. The summed E-state index contributed by atoms with van der Waals surface area (Å²) in [6, 6.07) is 14.5. The number of carbonyl (C=O) groups excluding carboxylic acids is 1. The van der Waals surface area contributed by atoms with Gasteiger partial charge in [0.25, 0.3) is 5.91 Å². The molecule has 8 heteroatoms. The fourth-order valence-electron chi connectivity index (χ4n) is 4.40. The highest BCUT2D eigenvalue weighted by Crippen LogP contribution is 2.41. The number of halogens is 6. The molecule has 0 unspecified atom stereocenters. The van der Waals surface area contributed by atoms with Crippen LogP contribution in [0.3, 0.4) is 0 Å². The Balaban J connectivity index is 1.65. The molecule has 202 valence electrons. The molecular formula is C30H29Cl2F4NO. The minimum atomic E-state index is -4.78. The highest BCUT2D eigenvalue weighted by atomic mass is 35.5. The van der Waals surface area contributed by atoms with Crippen LogP contribution in [-0.2, 0) is 24.6 Å². The van der Waals surface area contributed by atoms with Gasteiger partial charge in [-0.25, -0.2) is 4.39 Å². The van der Waals surface area contributed by atoms with Crippen LogP contribution >= 0.6 is 23.2 Å². The van der Waals surface area contributed by atoms with E-state index in [1.807, 2.05) is 42.5 Å². The minimum Gasteiger partial charge on any atom is -0.334 e. The Bertz CT molecular complexity index is 1330. The fourth-order valence-corrected chi connectivity index (χ4v) is 4.88. The average molecular weight is 566 g/mol. The van der Waals surface area contributed by atoms with Crippen molar-refractivity contribution in [3.63, 3.8) is 0 Å². The molecule has 0 aromatic heterocycles. The van der Waals surface area contributed by atoms with E-state index in [1.54, 1.807) is 0 Å². The summed E-state index contributed by atoms with van der Waals surface area (Å²) in [6.45, 7) is 6.49. The predicted molar refractivity (Wildman–Crippen MR) is 143 cm³/mol. The Morgan fingerprint density at radius 2 is 1.58 bits per heavy atom. The van der Waals surface area contributed by atoms with E-state index in [0.717, 1.165) is 35.1 Å². The molecule has 1 aliphatic carbocycles. The van der Waals surface area contributed by atoms with Gasteiger partial charge in [-0.3, -0.25) is 4.79 Å². The van der Waals surface area contributed by atoms with E-state index in [0.29, 0.717) is 29.5 Å². The summed E-state index contributed by atoms with van der Waals surface area (Å²) in [5, 5.41) is -0.155. The van der Waals surface area contributed by atoms with Crippen molar-refractivity contribution in [2.75, 3.05) is 6.54 Å². The van der Waals surface area contributed by atoms with Gasteiger partial charge < -0.3 is 4.90 Å². The number of nitrogens with zero attached hydrogens (tertiary/aromatic N) is 1. The van der Waals surface area contributed by atoms with E-state index in [-0.39, 0.29) is 18.5 Å².